The fourth-order valence-corrected chi connectivity index (χ4v) is 3.50. The maximum Gasteiger partial charge on any atom is 0.508 e. The zero-order valence-electron chi connectivity index (χ0n) is 18.6. The van der Waals surface area contributed by atoms with Crippen LogP contribution in [-0.4, -0.2) is 19.4 Å². The summed E-state index contributed by atoms with van der Waals surface area (Å²) in [5.74, 6) is 0. The van der Waals surface area contributed by atoms with Gasteiger partial charge < -0.3 is 9.47 Å². The third-order valence-electron chi connectivity index (χ3n) is 5.23. The highest BCUT2D eigenvalue weighted by atomic mass is 16.7. The smallest absolute Gasteiger partial charge is 0.435 e. The second-order valence-corrected chi connectivity index (χ2v) is 7.90. The van der Waals surface area contributed by atoms with Gasteiger partial charge in [0.2, 0.25) is 0 Å². The lowest BCUT2D eigenvalue weighted by Crippen LogP contribution is -2.07. The lowest BCUT2D eigenvalue weighted by atomic mass is 10.0. The van der Waals surface area contributed by atoms with Crippen molar-refractivity contribution >= 4 is 6.16 Å². The van der Waals surface area contributed by atoms with Crippen LogP contribution in [0.3, 0.4) is 0 Å². The minimum Gasteiger partial charge on any atom is -0.435 e. The van der Waals surface area contributed by atoms with E-state index >= 15 is 0 Å². The molecule has 0 rings (SSSR count). The molecule has 0 heterocycles. The van der Waals surface area contributed by atoms with Crippen LogP contribution >= 0.6 is 0 Å². The first kappa shape index (κ1) is 26.3. The highest BCUT2D eigenvalue weighted by molar-refractivity contribution is 5.59. The molecule has 3 heteroatoms. The van der Waals surface area contributed by atoms with E-state index in [4.69, 9.17) is 9.47 Å². The normalized spacial score (nSPS) is 10.9. The van der Waals surface area contributed by atoms with Gasteiger partial charge in [0.1, 0.15) is 0 Å². The predicted molar refractivity (Wildman–Crippen MR) is 116 cm³/mol. The Balaban J connectivity index is 3.02. The number of carbonyl (C=O) groups excluding carboxylic acids is 1. The molecule has 0 N–H and O–H groups in total. The lowest BCUT2D eigenvalue weighted by Gasteiger charge is -2.05. The summed E-state index contributed by atoms with van der Waals surface area (Å²) in [5, 5.41) is 0. The van der Waals surface area contributed by atoms with Gasteiger partial charge in [0.15, 0.2) is 0 Å². The zero-order valence-corrected chi connectivity index (χ0v) is 18.6. The lowest BCUT2D eigenvalue weighted by molar-refractivity contribution is 0.0578. The Morgan fingerprint density at radius 1 is 0.481 bits per heavy atom. The number of hydrogen-bond donors (Lipinski definition) is 0. The molecule has 0 aromatic rings. The van der Waals surface area contributed by atoms with Gasteiger partial charge in [0, 0.05) is 0 Å². The Morgan fingerprint density at radius 2 is 0.815 bits per heavy atom. The quantitative estimate of drug-likeness (QED) is 0.147. The predicted octanol–water partition coefficient (Wildman–Crippen LogP) is 8.59. The molecule has 0 aromatic heterocycles. The molecular weight excluding hydrogens is 336 g/mol. The summed E-state index contributed by atoms with van der Waals surface area (Å²) in [6.45, 7) is 4.96. The molecule has 0 atom stereocenters. The summed E-state index contributed by atoms with van der Waals surface area (Å²) in [7, 11) is 0. The topological polar surface area (TPSA) is 35.5 Å². The van der Waals surface area contributed by atoms with Crippen molar-refractivity contribution in [2.24, 2.45) is 0 Å². The van der Waals surface area contributed by atoms with Crippen LogP contribution in [0.2, 0.25) is 0 Å². The van der Waals surface area contributed by atoms with Crippen LogP contribution in [-0.2, 0) is 9.47 Å². The monoisotopic (exact) mass is 384 g/mol. The molecule has 0 saturated heterocycles. The van der Waals surface area contributed by atoms with Crippen LogP contribution in [0, 0.1) is 0 Å². The molecule has 3 nitrogen and oxygen atoms in total. The third kappa shape index (κ3) is 23.2. The highest BCUT2D eigenvalue weighted by Crippen LogP contribution is 2.14. The van der Waals surface area contributed by atoms with Crippen LogP contribution in [0.5, 0.6) is 0 Å². The zero-order chi connectivity index (χ0) is 19.8. The van der Waals surface area contributed by atoms with Gasteiger partial charge >= 0.3 is 6.16 Å². The molecule has 162 valence electrons. The minimum atomic E-state index is -0.528. The summed E-state index contributed by atoms with van der Waals surface area (Å²) in [5.41, 5.74) is 0. The Morgan fingerprint density at radius 3 is 1.15 bits per heavy atom. The molecule has 0 spiro atoms. The van der Waals surface area contributed by atoms with Gasteiger partial charge in [-0.1, -0.05) is 122 Å². The Labute approximate surface area is 170 Å². The molecule has 27 heavy (non-hydrogen) atoms. The van der Waals surface area contributed by atoms with E-state index in [2.05, 4.69) is 6.92 Å². The van der Waals surface area contributed by atoms with E-state index in [9.17, 15) is 4.79 Å². The Bertz CT molecular complexity index is 291. The first-order valence-corrected chi connectivity index (χ1v) is 12.1. The van der Waals surface area contributed by atoms with Crippen molar-refractivity contribution in [3.05, 3.63) is 0 Å². The number of carbonyl (C=O) groups is 1. The fraction of sp³-hybridized carbons (Fsp3) is 0.958. The molecule has 0 aromatic carbocycles. The molecular formula is C24H48O3. The van der Waals surface area contributed by atoms with E-state index in [1.165, 1.54) is 109 Å². The SMILES string of the molecule is CCCCCCCCCCCCCCCCCCCCCOC(=O)OCC. The van der Waals surface area contributed by atoms with Crippen molar-refractivity contribution in [1.29, 1.82) is 0 Å². The molecule has 0 aliphatic heterocycles. The van der Waals surface area contributed by atoms with E-state index in [0.717, 1.165) is 12.8 Å². The molecule has 0 aliphatic rings. The maximum atomic E-state index is 11.0. The van der Waals surface area contributed by atoms with E-state index < -0.39 is 6.16 Å². The van der Waals surface area contributed by atoms with Gasteiger partial charge in [-0.3, -0.25) is 0 Å². The van der Waals surface area contributed by atoms with E-state index in [-0.39, 0.29) is 0 Å². The molecule has 0 fully saturated rings. The first-order valence-electron chi connectivity index (χ1n) is 12.1. The molecule has 0 bridgehead atoms. The van der Waals surface area contributed by atoms with Crippen LogP contribution in [0.1, 0.15) is 136 Å². The first-order chi connectivity index (χ1) is 13.3. The molecule has 0 aliphatic carbocycles. The van der Waals surface area contributed by atoms with Crippen molar-refractivity contribution < 1.29 is 14.3 Å². The average molecular weight is 385 g/mol. The van der Waals surface area contributed by atoms with Crippen molar-refractivity contribution in [3.63, 3.8) is 0 Å². The summed E-state index contributed by atoms with van der Waals surface area (Å²) >= 11 is 0. The van der Waals surface area contributed by atoms with Gasteiger partial charge in [-0.25, -0.2) is 4.79 Å². The molecule has 0 unspecified atom stereocenters. The van der Waals surface area contributed by atoms with Gasteiger partial charge in [0.05, 0.1) is 13.2 Å². The van der Waals surface area contributed by atoms with Gasteiger partial charge in [-0.2, -0.15) is 0 Å². The number of hydrogen-bond acceptors (Lipinski definition) is 3. The summed E-state index contributed by atoms with van der Waals surface area (Å²) < 4.78 is 9.68. The molecule has 0 amide bonds. The number of ether oxygens (including phenoxy) is 2. The summed E-state index contributed by atoms with van der Waals surface area (Å²) in [6, 6.07) is 0. The van der Waals surface area contributed by atoms with Crippen LogP contribution in [0.15, 0.2) is 0 Å². The van der Waals surface area contributed by atoms with E-state index in [1.807, 2.05) is 0 Å². The van der Waals surface area contributed by atoms with Crippen LogP contribution in [0.25, 0.3) is 0 Å². The largest absolute Gasteiger partial charge is 0.508 e. The van der Waals surface area contributed by atoms with Gasteiger partial charge in [-0.05, 0) is 13.3 Å². The van der Waals surface area contributed by atoms with Crippen molar-refractivity contribution in [2.45, 2.75) is 136 Å². The Kier molecular flexibility index (Phi) is 22.7. The molecule has 0 saturated carbocycles. The standard InChI is InChI=1S/C24H48O3/c1-3-5-6-7-8-9-10-11-12-13-14-15-16-17-18-19-20-21-22-23-27-24(25)26-4-2/h3-23H2,1-2H3. The maximum absolute atomic E-state index is 11.0. The van der Waals surface area contributed by atoms with Gasteiger partial charge in [-0.15, -0.1) is 0 Å². The Hall–Kier alpha value is -0.730. The third-order valence-corrected chi connectivity index (χ3v) is 5.23. The van der Waals surface area contributed by atoms with Crippen LogP contribution < -0.4 is 0 Å². The average Bonchev–Trinajstić information content (AvgIpc) is 2.66. The summed E-state index contributed by atoms with van der Waals surface area (Å²) in [4.78, 5) is 11.0. The van der Waals surface area contributed by atoms with Gasteiger partial charge in [0.25, 0.3) is 0 Å². The van der Waals surface area contributed by atoms with Crippen molar-refractivity contribution in [2.75, 3.05) is 13.2 Å². The number of rotatable bonds is 21. The second-order valence-electron chi connectivity index (χ2n) is 7.90. The summed E-state index contributed by atoms with van der Waals surface area (Å²) in [6.07, 6.45) is 25.5. The second kappa shape index (κ2) is 23.3. The minimum absolute atomic E-state index is 0.387. The van der Waals surface area contributed by atoms with Crippen molar-refractivity contribution in [1.82, 2.24) is 0 Å². The van der Waals surface area contributed by atoms with Crippen molar-refractivity contribution in [3.8, 4) is 0 Å². The van der Waals surface area contributed by atoms with E-state index in [1.54, 1.807) is 6.92 Å². The molecule has 0 radical (unpaired) electrons. The van der Waals surface area contributed by atoms with E-state index in [0.29, 0.717) is 13.2 Å². The number of unbranched alkanes of at least 4 members (excludes halogenated alkanes) is 18. The fourth-order valence-electron chi connectivity index (χ4n) is 3.50. The highest BCUT2D eigenvalue weighted by Gasteiger charge is 2.00. The van der Waals surface area contributed by atoms with Crippen LogP contribution in [0.4, 0.5) is 4.79 Å².